The quantitative estimate of drug-likeness (QED) is 0.292. The molecule has 1 aromatic carbocycles. The second-order valence-corrected chi connectivity index (χ2v) is 7.55. The average molecular weight is 531 g/mol. The van der Waals surface area contributed by atoms with Gasteiger partial charge in [-0.1, -0.05) is 0 Å². The van der Waals surface area contributed by atoms with Crippen molar-refractivity contribution in [2.75, 3.05) is 0 Å². The first-order chi connectivity index (χ1) is 9.71. The monoisotopic (exact) mass is 530 g/mol. The Bertz CT molecular complexity index is 571. The van der Waals surface area contributed by atoms with Gasteiger partial charge in [-0.3, -0.25) is 0 Å². The third-order valence-electron chi connectivity index (χ3n) is 2.44. The molecule has 0 bridgehead atoms. The van der Waals surface area contributed by atoms with Crippen LogP contribution in [0.5, 0.6) is 0 Å². The zero-order valence-electron chi connectivity index (χ0n) is 9.91. The molecule has 0 aliphatic heterocycles. The highest BCUT2D eigenvalue weighted by Crippen LogP contribution is 2.55. The molecule has 1 rings (SSSR count). The van der Waals surface area contributed by atoms with E-state index in [1.165, 1.54) is 38.5 Å². The molecule has 0 saturated carbocycles. The van der Waals surface area contributed by atoms with Crippen molar-refractivity contribution in [3.8, 4) is 0 Å². The lowest BCUT2D eigenvalue weighted by Crippen LogP contribution is -2.49. The van der Waals surface area contributed by atoms with Crippen molar-refractivity contribution < 1.29 is 39.3 Å². The van der Waals surface area contributed by atoms with E-state index in [0.717, 1.165) is 6.07 Å². The molecule has 1 aromatic rings. The Balaban J connectivity index is 3.62. The Kier molecular flexibility index (Phi) is 5.92. The fourth-order valence-corrected chi connectivity index (χ4v) is 3.50. The minimum atomic E-state index is -6.05. The lowest BCUT2D eigenvalue weighted by molar-refractivity contribution is -0.282. The van der Waals surface area contributed by atoms with Crippen molar-refractivity contribution in [1.29, 1.82) is 0 Å². The fourth-order valence-electron chi connectivity index (χ4n) is 1.47. The molecule has 126 valence electrons. The van der Waals surface area contributed by atoms with Crippen LogP contribution in [-0.4, -0.2) is 21.0 Å². The molecule has 0 amide bonds. The molecule has 22 heavy (non-hydrogen) atoms. The van der Waals surface area contributed by atoms with Gasteiger partial charge in [0.15, 0.2) is 0 Å². The van der Waals surface area contributed by atoms with Crippen LogP contribution in [-0.2, 0) is 16.5 Å². The summed E-state index contributed by atoms with van der Waals surface area (Å²) in [7, 11) is -3.08. The second-order valence-electron chi connectivity index (χ2n) is 3.89. The summed E-state index contributed by atoms with van der Waals surface area (Å²) in [4.78, 5) is -5.95. The number of alkyl halides is 9. The third-order valence-corrected chi connectivity index (χ3v) is 4.64. The molecule has 12 heteroatoms. The van der Waals surface area contributed by atoms with E-state index in [9.17, 15) is 39.3 Å². The van der Waals surface area contributed by atoms with Gasteiger partial charge in [-0.2, -0.15) is 30.7 Å². The maximum absolute atomic E-state index is 14.2. The largest absolute Gasteiger partial charge is 0.433 e. The molecule has 0 fully saturated rings. The van der Waals surface area contributed by atoms with Crippen LogP contribution in [0.1, 0.15) is 5.56 Å². The Morgan fingerprint density at radius 3 is 1.91 bits per heavy atom. The Labute approximate surface area is 143 Å². The van der Waals surface area contributed by atoms with Crippen LogP contribution in [0, 0.1) is 3.57 Å². The Hall–Kier alpha value is 0.0200. The maximum Gasteiger partial charge on any atom is 0.433 e. The van der Waals surface area contributed by atoms with Crippen LogP contribution in [0.4, 0.5) is 35.1 Å². The van der Waals surface area contributed by atoms with Crippen LogP contribution < -0.4 is 0 Å². The Morgan fingerprint density at radius 1 is 1.05 bits per heavy atom. The minimum Gasteiger partial charge on any atom is -0.248 e. The summed E-state index contributed by atoms with van der Waals surface area (Å²) in [5, 5.41) is 0. The van der Waals surface area contributed by atoms with Gasteiger partial charge in [-0.15, -0.1) is 0 Å². The highest BCUT2D eigenvalue weighted by Gasteiger charge is 2.71. The summed E-state index contributed by atoms with van der Waals surface area (Å²) < 4.78 is 115. The molecule has 1 nitrogen and oxygen atoms in total. The highest BCUT2D eigenvalue weighted by molar-refractivity contribution is 14.1. The molecule has 2 unspecified atom stereocenters. The zero-order valence-corrected chi connectivity index (χ0v) is 14.5. The molecular weight excluding hydrogens is 527 g/mol. The van der Waals surface area contributed by atoms with E-state index < -0.39 is 43.7 Å². The minimum absolute atomic E-state index is 0.0904. The zero-order chi connectivity index (χ0) is 17.5. The molecule has 0 aromatic heterocycles. The summed E-state index contributed by atoms with van der Waals surface area (Å²) >= 11 is 2.64. The van der Waals surface area contributed by atoms with Gasteiger partial charge in [0.25, 0.3) is 0 Å². The third kappa shape index (κ3) is 3.74. The number of halogens is 10. The van der Waals surface area contributed by atoms with E-state index in [0.29, 0.717) is 6.07 Å². The van der Waals surface area contributed by atoms with E-state index in [1.807, 2.05) is 0 Å². The summed E-state index contributed by atoms with van der Waals surface area (Å²) in [6, 6.07) is 1.29. The topological polar surface area (TPSA) is 17.1 Å². The average Bonchev–Trinajstić information content (AvgIpc) is 2.33. The normalized spacial score (nSPS) is 17.4. The second kappa shape index (κ2) is 6.49. The molecule has 0 heterocycles. The first kappa shape index (κ1) is 20.1. The van der Waals surface area contributed by atoms with E-state index >= 15 is 0 Å². The van der Waals surface area contributed by atoms with Crippen LogP contribution in [0.15, 0.2) is 23.1 Å². The molecule has 2 atom stereocenters. The van der Waals surface area contributed by atoms with Crippen LogP contribution in [0.25, 0.3) is 0 Å². The van der Waals surface area contributed by atoms with Gasteiger partial charge in [0.2, 0.25) is 0 Å². The van der Waals surface area contributed by atoms with Gasteiger partial charge in [0.1, 0.15) is 10.8 Å². The summed E-state index contributed by atoms with van der Waals surface area (Å²) in [5.74, 6) is -3.46. The van der Waals surface area contributed by atoms with Crippen molar-refractivity contribution in [3.63, 3.8) is 0 Å². The highest BCUT2D eigenvalue weighted by atomic mass is 127. The number of rotatable bonds is 4. The smallest absolute Gasteiger partial charge is 0.248 e. The summed E-state index contributed by atoms with van der Waals surface area (Å²) in [6.45, 7) is 0. The van der Waals surface area contributed by atoms with Gasteiger partial charge < -0.3 is 0 Å². The molecular formula is C10H4BrF8IOS. The van der Waals surface area contributed by atoms with Gasteiger partial charge in [0.05, 0.1) is 0 Å². The lowest BCUT2D eigenvalue weighted by atomic mass is 9.95. The van der Waals surface area contributed by atoms with E-state index in [2.05, 4.69) is 0 Å². The predicted octanol–water partition coefficient (Wildman–Crippen LogP) is 5.34. The van der Waals surface area contributed by atoms with Crippen molar-refractivity contribution in [2.24, 2.45) is 0 Å². The first-order valence-corrected chi connectivity index (χ1v) is 8.12. The van der Waals surface area contributed by atoms with Crippen LogP contribution in [0.2, 0.25) is 0 Å². The molecule has 0 aliphatic carbocycles. The summed E-state index contributed by atoms with van der Waals surface area (Å²) in [6.07, 6.45) is -6.05. The van der Waals surface area contributed by atoms with Crippen molar-refractivity contribution in [3.05, 3.63) is 27.3 Å². The molecule has 0 saturated heterocycles. The van der Waals surface area contributed by atoms with E-state index in [4.69, 9.17) is 0 Å². The Morgan fingerprint density at radius 2 is 1.55 bits per heavy atom. The first-order valence-electron chi connectivity index (χ1n) is 5.04. The van der Waals surface area contributed by atoms with Gasteiger partial charge in [-0.05, 0) is 56.7 Å². The van der Waals surface area contributed by atoms with Gasteiger partial charge in [0, 0.05) is 14.0 Å². The van der Waals surface area contributed by atoms with Crippen LogP contribution in [0.3, 0.4) is 0 Å². The molecule has 0 N–H and O–H groups in total. The summed E-state index contributed by atoms with van der Waals surface area (Å²) in [5.41, 5.74) is -6.81. The fraction of sp³-hybridized carbons (Fsp3) is 0.400. The number of benzene rings is 1. The van der Waals surface area contributed by atoms with Gasteiger partial charge in [-0.25, -0.2) is 8.60 Å². The van der Waals surface area contributed by atoms with Crippen molar-refractivity contribution >= 4 is 49.3 Å². The number of hydrogen-bond donors (Lipinski definition) is 0. The lowest BCUT2D eigenvalue weighted by Gasteiger charge is -2.32. The number of hydrogen-bond acceptors (Lipinski definition) is 1. The van der Waals surface area contributed by atoms with Crippen LogP contribution >= 0.6 is 38.5 Å². The SMILES string of the molecule is O=S(c1cc(I)cc(C(F)(C(F)(F)F)C(F)(F)Br)c1)C(F)F. The van der Waals surface area contributed by atoms with Crippen molar-refractivity contribution in [2.45, 2.75) is 27.3 Å². The van der Waals surface area contributed by atoms with Crippen molar-refractivity contribution in [1.82, 2.24) is 0 Å². The molecule has 0 spiro atoms. The molecule has 0 radical (unpaired) electrons. The molecule has 0 aliphatic rings. The van der Waals surface area contributed by atoms with E-state index in [1.54, 1.807) is 0 Å². The van der Waals surface area contributed by atoms with E-state index in [-0.39, 0.29) is 9.64 Å². The maximum atomic E-state index is 14.2. The predicted molar refractivity (Wildman–Crippen MR) is 74.3 cm³/mol. The standard InChI is InChI=1S/C10H4BrF8IOS/c11-9(15,16)8(14,10(17,18)19)4-1-5(20)3-6(2-4)22(21)7(12)13/h1-3,7H. The van der Waals surface area contributed by atoms with Gasteiger partial charge >= 0.3 is 22.4 Å².